The van der Waals surface area contributed by atoms with Crippen molar-refractivity contribution in [2.45, 2.75) is 40.8 Å². The van der Waals surface area contributed by atoms with E-state index in [9.17, 15) is 4.79 Å². The molecule has 0 spiro atoms. The molecule has 0 aliphatic heterocycles. The van der Waals surface area contributed by atoms with Gasteiger partial charge in [-0.05, 0) is 39.8 Å². The first-order chi connectivity index (χ1) is 14.0. The summed E-state index contributed by atoms with van der Waals surface area (Å²) in [6, 6.07) is 9.54. The van der Waals surface area contributed by atoms with Crippen molar-refractivity contribution in [2.75, 3.05) is 5.32 Å². The van der Waals surface area contributed by atoms with Gasteiger partial charge in [0.25, 0.3) is 5.91 Å². The maximum atomic E-state index is 13.2. The largest absolute Gasteiger partial charge is 0.319 e. The molecule has 7 nitrogen and oxygen atoms in total. The smallest absolute Gasteiger partial charge is 0.256 e. The SMILES string of the molecule is CCn1ncc(NC(=O)c2cc(-c3cnn(CC)c3C)nc3ccccc23)c1C. The second kappa shape index (κ2) is 7.50. The van der Waals surface area contributed by atoms with Crippen molar-refractivity contribution in [1.29, 1.82) is 0 Å². The van der Waals surface area contributed by atoms with E-state index in [1.165, 1.54) is 0 Å². The fraction of sp³-hybridized carbons (Fsp3) is 0.273. The van der Waals surface area contributed by atoms with Gasteiger partial charge in [0.1, 0.15) is 0 Å². The molecule has 148 valence electrons. The van der Waals surface area contributed by atoms with Crippen LogP contribution in [0.3, 0.4) is 0 Å². The number of aromatic nitrogens is 5. The molecule has 4 rings (SSSR count). The van der Waals surface area contributed by atoms with Crippen molar-refractivity contribution in [1.82, 2.24) is 24.5 Å². The van der Waals surface area contributed by atoms with E-state index in [1.54, 1.807) is 6.20 Å². The molecule has 0 saturated heterocycles. The molecule has 3 heterocycles. The summed E-state index contributed by atoms with van der Waals surface area (Å²) >= 11 is 0. The Balaban J connectivity index is 1.81. The predicted molar refractivity (Wildman–Crippen MR) is 114 cm³/mol. The van der Waals surface area contributed by atoms with Gasteiger partial charge in [0, 0.05) is 29.7 Å². The molecule has 4 aromatic rings. The molecule has 0 radical (unpaired) electrons. The van der Waals surface area contributed by atoms with Gasteiger partial charge >= 0.3 is 0 Å². The Bertz CT molecular complexity index is 1200. The van der Waals surface area contributed by atoms with E-state index in [1.807, 2.05) is 66.7 Å². The number of hydrogen-bond acceptors (Lipinski definition) is 4. The Morgan fingerprint density at radius 2 is 1.69 bits per heavy atom. The number of carbonyl (C=O) groups is 1. The standard InChI is InChI=1S/C22H24N6O/c1-5-27-14(3)18(12-23-27)20-11-17(16-9-7-8-10-19(16)25-20)22(29)26-21-13-24-28(6-2)15(21)4/h7-13H,5-6H2,1-4H3,(H,26,29). The third kappa shape index (κ3) is 3.29. The first-order valence-electron chi connectivity index (χ1n) is 9.79. The van der Waals surface area contributed by atoms with Crippen molar-refractivity contribution in [3.8, 4) is 11.3 Å². The quantitative estimate of drug-likeness (QED) is 0.556. The summed E-state index contributed by atoms with van der Waals surface area (Å²) in [6.45, 7) is 9.58. The van der Waals surface area contributed by atoms with Crippen molar-refractivity contribution in [3.63, 3.8) is 0 Å². The Morgan fingerprint density at radius 1 is 1.00 bits per heavy atom. The number of benzene rings is 1. The van der Waals surface area contributed by atoms with Crippen LogP contribution >= 0.6 is 0 Å². The number of nitrogens with one attached hydrogen (secondary N) is 1. The Hall–Kier alpha value is -3.48. The number of fused-ring (bicyclic) bond motifs is 1. The predicted octanol–water partition coefficient (Wildman–Crippen LogP) is 4.20. The lowest BCUT2D eigenvalue weighted by Crippen LogP contribution is -2.14. The fourth-order valence-electron chi connectivity index (χ4n) is 3.60. The highest BCUT2D eigenvalue weighted by Crippen LogP contribution is 2.28. The molecule has 1 aromatic carbocycles. The maximum absolute atomic E-state index is 13.2. The maximum Gasteiger partial charge on any atom is 0.256 e. The highest BCUT2D eigenvalue weighted by Gasteiger charge is 2.18. The fourth-order valence-corrected chi connectivity index (χ4v) is 3.60. The van der Waals surface area contributed by atoms with Crippen LogP contribution in [-0.4, -0.2) is 30.5 Å². The average Bonchev–Trinajstić information content (AvgIpc) is 3.29. The number of rotatable bonds is 5. The summed E-state index contributed by atoms with van der Waals surface area (Å²) in [7, 11) is 0. The number of carbonyl (C=O) groups excluding carboxylic acids is 1. The summed E-state index contributed by atoms with van der Waals surface area (Å²) in [6.07, 6.45) is 3.50. The summed E-state index contributed by atoms with van der Waals surface area (Å²) in [5.41, 5.74) is 5.71. The number of nitrogens with zero attached hydrogens (tertiary/aromatic N) is 5. The first-order valence-corrected chi connectivity index (χ1v) is 9.79. The normalized spacial score (nSPS) is 11.2. The van der Waals surface area contributed by atoms with Crippen LogP contribution in [0, 0.1) is 13.8 Å². The summed E-state index contributed by atoms with van der Waals surface area (Å²) in [5.74, 6) is -0.177. The third-order valence-electron chi connectivity index (χ3n) is 5.29. The lowest BCUT2D eigenvalue weighted by Gasteiger charge is -2.11. The first kappa shape index (κ1) is 18.9. The van der Waals surface area contributed by atoms with Crippen LogP contribution in [0.15, 0.2) is 42.7 Å². The Kier molecular flexibility index (Phi) is 4.88. The Morgan fingerprint density at radius 3 is 2.38 bits per heavy atom. The minimum atomic E-state index is -0.177. The molecule has 7 heteroatoms. The zero-order valence-electron chi connectivity index (χ0n) is 17.1. The molecule has 1 N–H and O–H groups in total. The number of aryl methyl sites for hydroxylation is 2. The molecule has 3 aromatic heterocycles. The van der Waals surface area contributed by atoms with Gasteiger partial charge in [-0.25, -0.2) is 4.98 Å². The summed E-state index contributed by atoms with van der Waals surface area (Å²) in [5, 5.41) is 12.6. The van der Waals surface area contributed by atoms with E-state index >= 15 is 0 Å². The van der Waals surface area contributed by atoms with Crippen LogP contribution in [0.25, 0.3) is 22.2 Å². The summed E-state index contributed by atoms with van der Waals surface area (Å²) in [4.78, 5) is 18.0. The van der Waals surface area contributed by atoms with Crippen LogP contribution in [0.2, 0.25) is 0 Å². The van der Waals surface area contributed by atoms with E-state index < -0.39 is 0 Å². The lowest BCUT2D eigenvalue weighted by molar-refractivity contribution is 0.102. The molecule has 1 amide bonds. The van der Waals surface area contributed by atoms with Crippen LogP contribution in [0.5, 0.6) is 0 Å². The monoisotopic (exact) mass is 388 g/mol. The molecule has 0 unspecified atom stereocenters. The minimum Gasteiger partial charge on any atom is -0.319 e. The Labute approximate surface area is 169 Å². The van der Waals surface area contributed by atoms with Gasteiger partial charge in [0.15, 0.2) is 0 Å². The van der Waals surface area contributed by atoms with E-state index in [2.05, 4.69) is 22.4 Å². The van der Waals surface area contributed by atoms with Crippen molar-refractivity contribution in [3.05, 3.63) is 59.7 Å². The number of pyridine rings is 1. The molecule has 0 atom stereocenters. The molecule has 0 fully saturated rings. The van der Waals surface area contributed by atoms with E-state index in [4.69, 9.17) is 4.98 Å². The van der Waals surface area contributed by atoms with Crippen LogP contribution in [0.4, 0.5) is 5.69 Å². The zero-order valence-corrected chi connectivity index (χ0v) is 17.1. The zero-order chi connectivity index (χ0) is 20.5. The summed E-state index contributed by atoms with van der Waals surface area (Å²) < 4.78 is 3.78. The highest BCUT2D eigenvalue weighted by atomic mass is 16.1. The number of anilines is 1. The molecule has 29 heavy (non-hydrogen) atoms. The number of para-hydroxylation sites is 1. The van der Waals surface area contributed by atoms with Crippen LogP contribution in [0.1, 0.15) is 35.6 Å². The van der Waals surface area contributed by atoms with E-state index in [0.29, 0.717) is 11.3 Å². The molecule has 0 aliphatic carbocycles. The second-order valence-corrected chi connectivity index (χ2v) is 6.95. The van der Waals surface area contributed by atoms with Gasteiger partial charge in [-0.3, -0.25) is 14.2 Å². The average molecular weight is 388 g/mol. The lowest BCUT2D eigenvalue weighted by atomic mass is 10.0. The van der Waals surface area contributed by atoms with Crippen LogP contribution in [-0.2, 0) is 13.1 Å². The number of amides is 1. The van der Waals surface area contributed by atoms with Gasteiger partial charge in [0.2, 0.25) is 0 Å². The molecule has 0 aliphatic rings. The van der Waals surface area contributed by atoms with Crippen molar-refractivity contribution < 1.29 is 4.79 Å². The van der Waals surface area contributed by atoms with E-state index in [0.717, 1.165) is 46.6 Å². The highest BCUT2D eigenvalue weighted by molar-refractivity contribution is 6.13. The minimum absolute atomic E-state index is 0.177. The van der Waals surface area contributed by atoms with Crippen LogP contribution < -0.4 is 5.32 Å². The van der Waals surface area contributed by atoms with Gasteiger partial charge in [-0.15, -0.1) is 0 Å². The molecule has 0 saturated carbocycles. The third-order valence-corrected chi connectivity index (χ3v) is 5.29. The second-order valence-electron chi connectivity index (χ2n) is 6.95. The van der Waals surface area contributed by atoms with Gasteiger partial charge in [0.05, 0.1) is 40.5 Å². The van der Waals surface area contributed by atoms with Crippen molar-refractivity contribution in [2.24, 2.45) is 0 Å². The number of hydrogen-bond donors (Lipinski definition) is 1. The molecule has 0 bridgehead atoms. The van der Waals surface area contributed by atoms with Crippen molar-refractivity contribution >= 4 is 22.5 Å². The molecular formula is C22H24N6O. The topological polar surface area (TPSA) is 77.6 Å². The van der Waals surface area contributed by atoms with E-state index in [-0.39, 0.29) is 5.91 Å². The van der Waals surface area contributed by atoms with Gasteiger partial charge in [-0.2, -0.15) is 10.2 Å². The van der Waals surface area contributed by atoms with Gasteiger partial charge < -0.3 is 5.32 Å². The molecular weight excluding hydrogens is 364 g/mol. The van der Waals surface area contributed by atoms with Gasteiger partial charge in [-0.1, -0.05) is 18.2 Å².